The maximum Gasteiger partial charge on any atom is 0.194 e. The van der Waals surface area contributed by atoms with Gasteiger partial charge in [-0.05, 0) is 165 Å². The van der Waals surface area contributed by atoms with E-state index >= 15 is 13.6 Å². The summed E-state index contributed by atoms with van der Waals surface area (Å²) in [6, 6.07) is 22.2. The topological polar surface area (TPSA) is 90.4 Å². The predicted octanol–water partition coefficient (Wildman–Crippen LogP) is 10.3. The highest BCUT2D eigenvalue weighted by atomic mass is 35.5. The first kappa shape index (κ1) is 54.6. The minimum absolute atomic E-state index is 0.0636. The number of rotatable bonds is 14. The lowest BCUT2D eigenvalue weighted by atomic mass is 9.54. The smallest absolute Gasteiger partial charge is 0.194 e. The summed E-state index contributed by atoms with van der Waals surface area (Å²) in [5.74, 6) is -1.70. The number of hydrogen-bond acceptors (Lipinski definition) is 10. The van der Waals surface area contributed by atoms with Crippen LogP contribution in [0.1, 0.15) is 82.3 Å². The van der Waals surface area contributed by atoms with Crippen LogP contribution in [-0.2, 0) is 42.5 Å². The maximum atomic E-state index is 17.6. The second-order valence-electron chi connectivity index (χ2n) is 23.5. The molecule has 6 heterocycles. The van der Waals surface area contributed by atoms with Gasteiger partial charge in [-0.1, -0.05) is 54.4 Å². The van der Waals surface area contributed by atoms with Crippen molar-refractivity contribution in [2.24, 2.45) is 23.8 Å². The van der Waals surface area contributed by atoms with Crippen molar-refractivity contribution >= 4 is 29.0 Å². The van der Waals surface area contributed by atoms with Gasteiger partial charge in [-0.3, -0.25) is 24.4 Å². The van der Waals surface area contributed by atoms with Crippen LogP contribution in [0.3, 0.4) is 0 Å². The fourth-order valence-corrected chi connectivity index (χ4v) is 16.2. The number of carbonyl (C=O) groups is 1. The Balaban J connectivity index is 1.02. The van der Waals surface area contributed by atoms with Gasteiger partial charge in [-0.15, -0.1) is 0 Å². The summed E-state index contributed by atoms with van der Waals surface area (Å²) in [6.07, 6.45) is 7.01. The first-order chi connectivity index (χ1) is 37.0. The van der Waals surface area contributed by atoms with E-state index in [1.54, 1.807) is 7.11 Å². The van der Waals surface area contributed by atoms with E-state index in [2.05, 4.69) is 108 Å². The summed E-state index contributed by atoms with van der Waals surface area (Å²) in [7, 11) is 8.12. The highest BCUT2D eigenvalue weighted by molar-refractivity contribution is 6.31. The number of benzene rings is 4. The number of nitrogens with one attached hydrogen (secondary N) is 2. The molecule has 6 aliphatic rings. The fourth-order valence-electron chi connectivity index (χ4n) is 15.9. The van der Waals surface area contributed by atoms with Gasteiger partial charge in [0.25, 0.3) is 0 Å². The highest BCUT2D eigenvalue weighted by Gasteiger charge is 2.77. The molecule has 2 N–H and O–H groups in total. The molecule has 6 fully saturated rings. The van der Waals surface area contributed by atoms with Crippen molar-refractivity contribution in [2.75, 3.05) is 40.9 Å². The molecule has 16 heteroatoms. The largest absolute Gasteiger partial charge is 0.457 e. The lowest BCUT2D eigenvalue weighted by Gasteiger charge is -2.57. The molecular formula is C61H75Cl2F3N8O3. The Labute approximate surface area is 462 Å². The summed E-state index contributed by atoms with van der Waals surface area (Å²) in [6.45, 7) is 12.7. The average molecular weight is 1100 g/mol. The normalized spacial score (nSPS) is 32.7. The molecule has 5 saturated heterocycles. The van der Waals surface area contributed by atoms with E-state index in [9.17, 15) is 4.39 Å². The van der Waals surface area contributed by atoms with Crippen LogP contribution in [0.15, 0.2) is 85.1 Å². The number of halogens is 5. The van der Waals surface area contributed by atoms with Crippen molar-refractivity contribution in [3.63, 3.8) is 0 Å². The molecule has 0 amide bonds. The molecule has 1 saturated carbocycles. The standard InChI is InChI=1S/C61H75Cl2F3N8O3/c1-9-60-52-28-42(27-40-17-23-47(64)55(66)54(40)65)57(60)70(5)36(3)35(2)68-51-30-45(26-38-12-18-43(62)19-13-38)71(6)58-48(34-76-8)69-56(61(51,58)59(60)75)37(4)74(52)32-41-14-20-44(63)29-50(41)77-46-21-15-39(16-22-46)49-31-67-53(72(49)7)33-73-24-10-11-25-73/h12-23,29,31,35-37,42,45,48,51-52,56-58,68-69H,9-11,24-28,30,32-34H2,1-8H3/t35-,36-,37-,42+,45-,48+,51?,52?,56?,57?,58?,60?,61?/m0/s1. The second kappa shape index (κ2) is 21.6. The van der Waals surface area contributed by atoms with Crippen molar-refractivity contribution in [1.29, 1.82) is 0 Å². The van der Waals surface area contributed by atoms with Crippen LogP contribution in [-0.4, -0.2) is 136 Å². The van der Waals surface area contributed by atoms with Crippen molar-refractivity contribution in [3.8, 4) is 22.8 Å². The first-order valence-corrected chi connectivity index (χ1v) is 28.7. The quantitative estimate of drug-likeness (QED) is 0.105. The minimum atomic E-state index is -1.48. The lowest BCUT2D eigenvalue weighted by molar-refractivity contribution is -0.154. The Morgan fingerprint density at radius 1 is 0.792 bits per heavy atom. The summed E-state index contributed by atoms with van der Waals surface area (Å²) < 4.78 is 61.1. The van der Waals surface area contributed by atoms with Gasteiger partial charge in [0, 0.05) is 102 Å². The third-order valence-corrected chi connectivity index (χ3v) is 20.3. The number of imidazole rings is 1. The maximum absolute atomic E-state index is 17.6. The van der Waals surface area contributed by atoms with E-state index in [4.69, 9.17) is 37.7 Å². The van der Waals surface area contributed by atoms with Crippen LogP contribution >= 0.6 is 23.2 Å². The number of ketones is 1. The van der Waals surface area contributed by atoms with Gasteiger partial charge in [0.1, 0.15) is 17.3 Å². The van der Waals surface area contributed by atoms with Crippen LogP contribution in [0.2, 0.25) is 10.0 Å². The number of aromatic nitrogens is 2. The third-order valence-electron chi connectivity index (χ3n) is 19.8. The molecule has 2 bridgehead atoms. The molecule has 5 aromatic rings. The molecule has 1 spiro atoms. The van der Waals surface area contributed by atoms with Crippen molar-refractivity contribution < 1.29 is 27.4 Å². The van der Waals surface area contributed by atoms with E-state index < -0.39 is 34.3 Å². The van der Waals surface area contributed by atoms with Crippen LogP contribution in [0.5, 0.6) is 11.5 Å². The zero-order valence-electron chi connectivity index (χ0n) is 45.7. The van der Waals surface area contributed by atoms with E-state index in [0.717, 1.165) is 54.8 Å². The summed E-state index contributed by atoms with van der Waals surface area (Å²) in [5, 5.41) is 9.58. The van der Waals surface area contributed by atoms with E-state index in [1.165, 1.54) is 24.5 Å². The fraction of sp³-hybridized carbons (Fsp3) is 0.541. The van der Waals surface area contributed by atoms with Crippen molar-refractivity contribution in [2.45, 2.75) is 146 Å². The molecule has 13 atom stereocenters. The molecule has 4 aromatic carbocycles. The Hall–Kier alpha value is -4.35. The molecule has 7 unspecified atom stereocenters. The van der Waals surface area contributed by atoms with Gasteiger partial charge in [0.2, 0.25) is 0 Å². The van der Waals surface area contributed by atoms with Gasteiger partial charge < -0.3 is 24.7 Å². The number of likely N-dealkylation sites (tertiary alicyclic amines) is 3. The number of likely N-dealkylation sites (N-methyl/N-ethyl adjacent to an activating group) is 2. The Kier molecular flexibility index (Phi) is 15.3. The molecule has 0 radical (unpaired) electrons. The van der Waals surface area contributed by atoms with Crippen LogP contribution in [0.4, 0.5) is 13.2 Å². The highest BCUT2D eigenvalue weighted by Crippen LogP contribution is 2.63. The molecule has 412 valence electrons. The van der Waals surface area contributed by atoms with Crippen LogP contribution in [0, 0.1) is 34.2 Å². The van der Waals surface area contributed by atoms with Gasteiger partial charge in [-0.25, -0.2) is 18.2 Å². The van der Waals surface area contributed by atoms with Crippen LogP contribution < -0.4 is 15.4 Å². The molecular weight excluding hydrogens is 1020 g/mol. The SMILES string of the molecule is CCC12C(=O)C34C5C[C@H](Cc6ccc(Cl)cc6)N(C)C3[C@@H](COC)NC4[C@H](C)N(Cc3ccc(Cl)cc3Oc3ccc(-c4cnc(CN6CCCC6)n4C)cc3)C1C[C@@H](Cc1ccc(F)c(F)c1F)C2N(C)[C@@H](C)[C@H](C)N5. The number of methoxy groups -OCH3 is 1. The van der Waals surface area contributed by atoms with Crippen molar-refractivity contribution in [1.82, 2.24) is 39.8 Å². The number of hydrogen-bond donors (Lipinski definition) is 2. The van der Waals surface area contributed by atoms with Crippen LogP contribution in [0.25, 0.3) is 11.3 Å². The molecule has 11 nitrogen and oxygen atoms in total. The van der Waals surface area contributed by atoms with Gasteiger partial charge in [0.15, 0.2) is 23.2 Å². The number of piperidine rings is 1. The number of Topliss-reactive ketones (excluding diaryl/α,β-unsaturated/α-hetero) is 1. The zero-order chi connectivity index (χ0) is 54.2. The lowest BCUT2D eigenvalue weighted by Crippen LogP contribution is -2.74. The molecule has 5 aliphatic heterocycles. The summed E-state index contributed by atoms with van der Waals surface area (Å²) in [5.41, 5.74) is 2.22. The Morgan fingerprint density at radius 3 is 2.22 bits per heavy atom. The van der Waals surface area contributed by atoms with Gasteiger partial charge in [0.05, 0.1) is 35.9 Å². The third kappa shape index (κ3) is 9.27. The van der Waals surface area contributed by atoms with Gasteiger partial charge in [-0.2, -0.15) is 0 Å². The minimum Gasteiger partial charge on any atom is -0.457 e. The molecule has 1 aromatic heterocycles. The monoisotopic (exact) mass is 1090 g/mol. The van der Waals surface area contributed by atoms with Crippen molar-refractivity contribution in [3.05, 3.63) is 135 Å². The predicted molar refractivity (Wildman–Crippen MR) is 297 cm³/mol. The first-order valence-electron chi connectivity index (χ1n) is 27.9. The van der Waals surface area contributed by atoms with E-state index in [1.807, 2.05) is 48.7 Å². The van der Waals surface area contributed by atoms with E-state index in [-0.39, 0.29) is 78.1 Å². The summed E-state index contributed by atoms with van der Waals surface area (Å²) >= 11 is 13.3. The molecule has 11 rings (SSSR count). The molecule has 1 aliphatic carbocycles. The number of ether oxygens (including phenoxy) is 2. The Bertz CT molecular complexity index is 2960. The molecule has 77 heavy (non-hydrogen) atoms. The number of carbonyl (C=O) groups excluding carboxylic acids is 1. The zero-order valence-corrected chi connectivity index (χ0v) is 47.2. The van der Waals surface area contributed by atoms with E-state index in [0.29, 0.717) is 54.0 Å². The Morgan fingerprint density at radius 2 is 1.51 bits per heavy atom. The second-order valence-corrected chi connectivity index (χ2v) is 24.4. The number of nitrogens with zero attached hydrogens (tertiary/aromatic N) is 6. The average Bonchev–Trinajstić information content (AvgIpc) is 4.42. The summed E-state index contributed by atoms with van der Waals surface area (Å²) in [4.78, 5) is 32.2. The van der Waals surface area contributed by atoms with Gasteiger partial charge >= 0.3 is 0 Å².